The first kappa shape index (κ1) is 95.8. The molecular formula is C131H136N8. The third-order valence-corrected chi connectivity index (χ3v) is 27.8. The Balaban J connectivity index is 0.799. The average molecular weight is 1820 g/mol. The van der Waals surface area contributed by atoms with E-state index in [1.54, 1.807) is 0 Å². The van der Waals surface area contributed by atoms with E-state index < -0.39 is 0 Å². The van der Waals surface area contributed by atoms with Gasteiger partial charge in [0.15, 0.2) is 0 Å². The molecule has 0 unspecified atom stereocenters. The van der Waals surface area contributed by atoms with Gasteiger partial charge in [-0.05, 0) is 475 Å². The number of hydrogen-bond acceptors (Lipinski definition) is 8. The fourth-order valence-electron chi connectivity index (χ4n) is 22.5. The molecule has 139 heavy (non-hydrogen) atoms. The second kappa shape index (κ2) is 40.1. The van der Waals surface area contributed by atoms with E-state index in [4.69, 9.17) is 0 Å². The van der Waals surface area contributed by atoms with Crippen LogP contribution in [0.5, 0.6) is 0 Å². The molecular weight excluding hydrogens is 1690 g/mol. The maximum Gasteiger partial charge on any atom is 0.0520 e. The monoisotopic (exact) mass is 1820 g/mol. The molecule has 0 amide bonds. The third-order valence-electron chi connectivity index (χ3n) is 27.8. The van der Waals surface area contributed by atoms with Crippen LogP contribution in [0.1, 0.15) is 164 Å². The zero-order valence-electron chi connectivity index (χ0n) is 86.7. The number of unbranched alkanes of at least 4 members (excludes halogenated alkanes) is 1. The van der Waals surface area contributed by atoms with Gasteiger partial charge in [0.05, 0.1) is 45.5 Å². The van der Waals surface area contributed by atoms with E-state index in [0.29, 0.717) is 0 Å². The smallest absolute Gasteiger partial charge is 0.0520 e. The van der Waals surface area contributed by atoms with Crippen molar-refractivity contribution in [2.45, 2.75) is 199 Å². The molecule has 0 saturated carbocycles. The zero-order chi connectivity index (χ0) is 98.4. The maximum atomic E-state index is 2.53. The highest BCUT2D eigenvalue weighted by Gasteiger charge is 2.30. The van der Waals surface area contributed by atoms with E-state index >= 15 is 0 Å². The fraction of sp³-hybridized carbons (Fsp3) is 0.221. The first-order valence-corrected chi connectivity index (χ1v) is 49.6. The van der Waals surface area contributed by atoms with Gasteiger partial charge in [-0.3, -0.25) is 0 Å². The molecule has 0 atom stereocenters. The first-order valence-electron chi connectivity index (χ1n) is 49.6. The SMILES string of the molecule is CCCCc1cc(C)c(N(c2ccc(N(c3ccc(N(c4ccc(N(c5ccc(C)cc5)c5ccc(N(c6ccc(N(c7c(C)cc(C)cc7C)c7c(C)cc(C)cc7C)cc6)c6c(C)cc(C)cc6C)cc5)cc4)c4ccc(N(c5ccc(C)cc5)c5c(C)cc(C)cc5C)cc4)cc3)c3ccc(N(c4c(C)cc(C)cc4C)c4c(C)cc(C)cc4C)cc3)cc2)c2c(C)cc(C)cc2C)c(C)c1. The van der Waals surface area contributed by atoms with Gasteiger partial charge in [0.25, 0.3) is 0 Å². The van der Waals surface area contributed by atoms with Crippen LogP contribution < -0.4 is 39.2 Å². The van der Waals surface area contributed by atoms with Crippen LogP contribution in [0.2, 0.25) is 0 Å². The van der Waals surface area contributed by atoms with E-state index in [1.165, 1.54) is 184 Å². The summed E-state index contributed by atoms with van der Waals surface area (Å²) in [5, 5.41) is 0. The molecule has 8 nitrogen and oxygen atoms in total. The lowest BCUT2D eigenvalue weighted by atomic mass is 9.97. The fourth-order valence-corrected chi connectivity index (χ4v) is 22.5. The summed E-state index contributed by atoms with van der Waals surface area (Å²) in [5.74, 6) is 0. The summed E-state index contributed by atoms with van der Waals surface area (Å²) in [6.45, 7) is 58.2. The minimum atomic E-state index is 0.999. The van der Waals surface area contributed by atoms with Crippen molar-refractivity contribution in [3.63, 3.8) is 0 Å². The minimum absolute atomic E-state index is 0.999. The van der Waals surface area contributed by atoms with Crippen molar-refractivity contribution in [1.29, 1.82) is 0 Å². The lowest BCUT2D eigenvalue weighted by Gasteiger charge is -2.33. The van der Waals surface area contributed by atoms with Crippen LogP contribution in [-0.4, -0.2) is 0 Å². The van der Waals surface area contributed by atoms with Crippen LogP contribution in [0.25, 0.3) is 0 Å². The van der Waals surface area contributed by atoms with Crippen molar-refractivity contribution in [2.75, 3.05) is 39.2 Å². The molecule has 17 aromatic carbocycles. The zero-order valence-corrected chi connectivity index (χ0v) is 86.7. The number of hydrogen-bond donors (Lipinski definition) is 0. The van der Waals surface area contributed by atoms with Gasteiger partial charge in [-0.2, -0.15) is 0 Å². The van der Waals surface area contributed by atoms with Gasteiger partial charge in [0.2, 0.25) is 0 Å². The molecule has 0 radical (unpaired) electrons. The van der Waals surface area contributed by atoms with Crippen molar-refractivity contribution < 1.29 is 0 Å². The molecule has 17 aromatic rings. The predicted molar refractivity (Wildman–Crippen MR) is 601 cm³/mol. The van der Waals surface area contributed by atoms with Gasteiger partial charge in [0.1, 0.15) is 0 Å². The normalized spacial score (nSPS) is 11.3. The third kappa shape index (κ3) is 19.7. The van der Waals surface area contributed by atoms with Gasteiger partial charge < -0.3 is 39.2 Å². The second-order valence-electron chi connectivity index (χ2n) is 39.9. The van der Waals surface area contributed by atoms with Gasteiger partial charge in [-0.1, -0.05) is 185 Å². The van der Waals surface area contributed by atoms with E-state index in [1.807, 2.05) is 0 Å². The Morgan fingerprint density at radius 3 is 0.388 bits per heavy atom. The number of rotatable bonds is 27. The number of nitrogens with zero attached hydrogens (tertiary/aromatic N) is 8. The van der Waals surface area contributed by atoms with Crippen LogP contribution in [0, 0.1) is 173 Å². The number of benzene rings is 17. The molecule has 0 fully saturated rings. The van der Waals surface area contributed by atoms with E-state index in [2.05, 4.69) is 535 Å². The highest BCUT2D eigenvalue weighted by molar-refractivity contribution is 5.93. The molecule has 0 saturated heterocycles. The molecule has 0 aliphatic carbocycles. The van der Waals surface area contributed by atoms with Crippen molar-refractivity contribution >= 4 is 136 Å². The first-order chi connectivity index (χ1) is 66.6. The molecule has 8 heteroatoms. The van der Waals surface area contributed by atoms with Crippen LogP contribution in [0.3, 0.4) is 0 Å². The Hall–Kier alpha value is -14.9. The quantitative estimate of drug-likeness (QED) is 0.0503. The van der Waals surface area contributed by atoms with Gasteiger partial charge >= 0.3 is 0 Å². The lowest BCUT2D eigenvalue weighted by Crippen LogP contribution is -2.17. The standard InChI is InChI=1S/C131H136N8/c1-27-28-29-107-80-105(25)131(106(26)81-107)139(130-103(23)78-90(10)79-104(130)24)122-62-52-116(53-63-122)134(115-50-60-121(61-51-115)137(126-95(15)70-86(6)71-96(126)16)127-97(17)72-87(7)73-98(127)18)112-44-42-111(43-45-112)133(114-48-54-118(55-49-114)135(117-36-32-83(3)33-37-117)124-91(11)66-84(4)67-92(124)12)110-40-38-109(39-41-110)132(108-34-30-82(2)31-35-108)113-46-56-119(57-47-113)136(125-93(13)68-85(5)69-94(125)14)120-58-64-123(65-59-120)138(128-99(19)74-88(8)75-100(128)20)129-101(21)76-89(9)77-102(129)22/h30-81H,27-29H2,1-26H3. The van der Waals surface area contributed by atoms with E-state index in [9.17, 15) is 0 Å². The van der Waals surface area contributed by atoms with Crippen molar-refractivity contribution in [1.82, 2.24) is 0 Å². The summed E-state index contributed by atoms with van der Waals surface area (Å²) in [5.41, 5.74) is 58.7. The Kier molecular flexibility index (Phi) is 27.6. The van der Waals surface area contributed by atoms with Crippen LogP contribution in [-0.2, 0) is 6.42 Å². The maximum absolute atomic E-state index is 2.53. The second-order valence-corrected chi connectivity index (χ2v) is 39.9. The minimum Gasteiger partial charge on any atom is -0.311 e. The highest BCUT2D eigenvalue weighted by atomic mass is 15.2. The summed E-state index contributed by atoms with van der Waals surface area (Å²) in [6.07, 6.45) is 3.38. The highest BCUT2D eigenvalue weighted by Crippen LogP contribution is 2.53. The van der Waals surface area contributed by atoms with Crippen LogP contribution in [0.4, 0.5) is 136 Å². The molecule has 0 heterocycles. The molecule has 0 aromatic heterocycles. The summed E-state index contributed by atoms with van der Waals surface area (Å²) in [4.78, 5) is 19.7. The topological polar surface area (TPSA) is 25.9 Å². The van der Waals surface area contributed by atoms with Gasteiger partial charge in [-0.25, -0.2) is 0 Å². The molecule has 0 aliphatic heterocycles. The Morgan fingerprint density at radius 1 is 0.129 bits per heavy atom. The lowest BCUT2D eigenvalue weighted by molar-refractivity contribution is 0.794. The number of aryl methyl sites for hydroxylation is 26. The van der Waals surface area contributed by atoms with Crippen molar-refractivity contribution in [2.24, 2.45) is 0 Å². The summed E-state index contributed by atoms with van der Waals surface area (Å²) < 4.78 is 0. The Bertz CT molecular complexity index is 7110. The molecule has 0 spiro atoms. The van der Waals surface area contributed by atoms with Crippen LogP contribution >= 0.6 is 0 Å². The molecule has 0 N–H and O–H groups in total. The molecule has 0 bridgehead atoms. The van der Waals surface area contributed by atoms with Crippen molar-refractivity contribution in [3.05, 3.63) is 460 Å². The Morgan fingerprint density at radius 2 is 0.245 bits per heavy atom. The predicted octanol–water partition coefficient (Wildman–Crippen LogP) is 38.5. The van der Waals surface area contributed by atoms with E-state index in [0.717, 1.165) is 116 Å². The van der Waals surface area contributed by atoms with Crippen molar-refractivity contribution in [3.8, 4) is 0 Å². The Labute approximate surface area is 829 Å². The average Bonchev–Trinajstić information content (AvgIpc) is 0.759. The molecule has 700 valence electrons. The van der Waals surface area contributed by atoms with E-state index in [-0.39, 0.29) is 0 Å². The van der Waals surface area contributed by atoms with Crippen LogP contribution in [0.15, 0.2) is 315 Å². The van der Waals surface area contributed by atoms with Gasteiger partial charge in [0, 0.05) is 91.0 Å². The largest absolute Gasteiger partial charge is 0.311 e. The molecule has 17 rings (SSSR count). The molecule has 0 aliphatic rings. The number of anilines is 24. The summed E-state index contributed by atoms with van der Waals surface area (Å²) >= 11 is 0. The summed E-state index contributed by atoms with van der Waals surface area (Å²) in [7, 11) is 0. The van der Waals surface area contributed by atoms with Gasteiger partial charge in [-0.15, -0.1) is 0 Å². The summed E-state index contributed by atoms with van der Waals surface area (Å²) in [6, 6.07) is 120.